The maximum atomic E-state index is 6.29. The van der Waals surface area contributed by atoms with E-state index in [9.17, 15) is 0 Å². The Balaban J connectivity index is 2.38. The molecule has 2 aromatic rings. The molecule has 0 radical (unpaired) electrons. The molecule has 2 N–H and O–H groups in total. The summed E-state index contributed by atoms with van der Waals surface area (Å²) in [5.41, 5.74) is 10.9. The lowest BCUT2D eigenvalue weighted by atomic mass is 9.99. The van der Waals surface area contributed by atoms with Gasteiger partial charge in [-0.25, -0.2) is 0 Å². The third-order valence-electron chi connectivity index (χ3n) is 3.50. The van der Waals surface area contributed by atoms with E-state index in [1.807, 2.05) is 6.92 Å². The number of pyridine rings is 1. The van der Waals surface area contributed by atoms with Crippen LogP contribution in [-0.4, -0.2) is 4.98 Å². The summed E-state index contributed by atoms with van der Waals surface area (Å²) in [5, 5.41) is 1.24. The Hall–Kier alpha value is -1.41. The van der Waals surface area contributed by atoms with Gasteiger partial charge >= 0.3 is 0 Å². The van der Waals surface area contributed by atoms with Crippen molar-refractivity contribution in [3.63, 3.8) is 0 Å². The zero-order chi connectivity index (χ0) is 11.3. The molecular formula is C14H16N2. The van der Waals surface area contributed by atoms with Crippen LogP contribution < -0.4 is 5.73 Å². The highest BCUT2D eigenvalue weighted by molar-refractivity contribution is 5.86. The van der Waals surface area contributed by atoms with Crippen LogP contribution in [0.4, 0.5) is 0 Å². The molecule has 1 fully saturated rings. The fraction of sp³-hybridized carbons (Fsp3) is 0.357. The summed E-state index contributed by atoms with van der Waals surface area (Å²) in [4.78, 5) is 4.66. The fourth-order valence-electron chi connectivity index (χ4n) is 2.39. The van der Waals surface area contributed by atoms with E-state index >= 15 is 0 Å². The molecule has 0 amide bonds. The van der Waals surface area contributed by atoms with Gasteiger partial charge in [0.05, 0.1) is 5.52 Å². The van der Waals surface area contributed by atoms with Gasteiger partial charge in [0, 0.05) is 16.6 Å². The van der Waals surface area contributed by atoms with Crippen molar-refractivity contribution in [3.05, 3.63) is 41.1 Å². The lowest BCUT2D eigenvalue weighted by molar-refractivity contribution is 0.745. The second-order valence-corrected chi connectivity index (χ2v) is 4.94. The third kappa shape index (κ3) is 1.34. The lowest BCUT2D eigenvalue weighted by Crippen LogP contribution is -2.19. The smallest absolute Gasteiger partial charge is 0.0758 e. The lowest BCUT2D eigenvalue weighted by Gasteiger charge is -2.13. The molecule has 1 aliphatic rings. The number of hydrogen-bond donors (Lipinski definition) is 1. The minimum Gasteiger partial charge on any atom is -0.321 e. The van der Waals surface area contributed by atoms with Gasteiger partial charge in [-0.1, -0.05) is 18.2 Å². The van der Waals surface area contributed by atoms with E-state index in [1.54, 1.807) is 0 Å². The number of aromatic nitrogens is 1. The van der Waals surface area contributed by atoms with Crippen LogP contribution in [0.15, 0.2) is 24.3 Å². The number of nitrogens with two attached hydrogens (primary N) is 1. The van der Waals surface area contributed by atoms with Crippen LogP contribution in [-0.2, 0) is 5.54 Å². The summed E-state index contributed by atoms with van der Waals surface area (Å²) in [5.74, 6) is 0. The first-order valence-electron chi connectivity index (χ1n) is 5.76. The van der Waals surface area contributed by atoms with Gasteiger partial charge in [-0.3, -0.25) is 4.98 Å². The van der Waals surface area contributed by atoms with E-state index in [0.29, 0.717) is 0 Å². The number of aryl methyl sites for hydroxylation is 2. The van der Waals surface area contributed by atoms with Crippen molar-refractivity contribution >= 4 is 10.9 Å². The molecule has 1 aliphatic carbocycles. The van der Waals surface area contributed by atoms with E-state index in [-0.39, 0.29) is 5.54 Å². The Kier molecular flexibility index (Phi) is 1.86. The topological polar surface area (TPSA) is 38.9 Å². The highest BCUT2D eigenvalue weighted by atomic mass is 14.8. The molecule has 0 aliphatic heterocycles. The zero-order valence-corrected chi connectivity index (χ0v) is 9.75. The average Bonchev–Trinajstić information content (AvgIpc) is 2.96. The van der Waals surface area contributed by atoms with Gasteiger partial charge in [-0.05, 0) is 43.9 Å². The van der Waals surface area contributed by atoms with Crippen LogP contribution in [0, 0.1) is 13.8 Å². The summed E-state index contributed by atoms with van der Waals surface area (Å²) in [6, 6.07) is 8.48. The second kappa shape index (κ2) is 3.05. The predicted molar refractivity (Wildman–Crippen MR) is 66.3 cm³/mol. The summed E-state index contributed by atoms with van der Waals surface area (Å²) in [6.07, 6.45) is 2.17. The van der Waals surface area contributed by atoms with Gasteiger partial charge in [-0.15, -0.1) is 0 Å². The Morgan fingerprint density at radius 2 is 2.00 bits per heavy atom. The van der Waals surface area contributed by atoms with Gasteiger partial charge in [0.25, 0.3) is 0 Å². The quantitative estimate of drug-likeness (QED) is 0.789. The average molecular weight is 212 g/mol. The monoisotopic (exact) mass is 212 g/mol. The van der Waals surface area contributed by atoms with Gasteiger partial charge in [0.15, 0.2) is 0 Å². The number of fused-ring (bicyclic) bond motifs is 1. The Bertz CT molecular complexity index is 568. The van der Waals surface area contributed by atoms with Crippen molar-refractivity contribution in [2.75, 3.05) is 0 Å². The molecule has 0 saturated heterocycles. The van der Waals surface area contributed by atoms with Gasteiger partial charge < -0.3 is 5.73 Å². The molecular weight excluding hydrogens is 196 g/mol. The number of nitrogens with zero attached hydrogens (tertiary/aromatic N) is 1. The Morgan fingerprint density at radius 3 is 2.69 bits per heavy atom. The van der Waals surface area contributed by atoms with Crippen molar-refractivity contribution in [2.24, 2.45) is 5.73 Å². The molecule has 82 valence electrons. The highest BCUT2D eigenvalue weighted by Gasteiger charge is 2.41. The van der Waals surface area contributed by atoms with Crippen molar-refractivity contribution in [2.45, 2.75) is 32.2 Å². The number of para-hydroxylation sites is 1. The van der Waals surface area contributed by atoms with Crippen molar-refractivity contribution in [3.8, 4) is 0 Å². The Morgan fingerprint density at radius 1 is 1.25 bits per heavy atom. The second-order valence-electron chi connectivity index (χ2n) is 4.94. The van der Waals surface area contributed by atoms with Gasteiger partial charge in [0.1, 0.15) is 0 Å². The van der Waals surface area contributed by atoms with E-state index in [1.165, 1.54) is 16.5 Å². The number of rotatable bonds is 1. The standard InChI is InChI=1S/C14H16N2/c1-9-8-10(2)16-13-11(9)4-3-5-12(13)14(15)6-7-14/h3-5,8H,6-7,15H2,1-2H3. The zero-order valence-electron chi connectivity index (χ0n) is 9.75. The molecule has 1 aromatic carbocycles. The summed E-state index contributed by atoms with van der Waals surface area (Å²) in [6.45, 7) is 4.18. The molecule has 1 saturated carbocycles. The van der Waals surface area contributed by atoms with E-state index in [4.69, 9.17) is 5.73 Å². The molecule has 3 rings (SSSR count). The molecule has 0 bridgehead atoms. The van der Waals surface area contributed by atoms with Crippen LogP contribution in [0.2, 0.25) is 0 Å². The first-order valence-corrected chi connectivity index (χ1v) is 5.76. The van der Waals surface area contributed by atoms with E-state index in [0.717, 1.165) is 24.1 Å². The largest absolute Gasteiger partial charge is 0.321 e. The molecule has 1 aromatic heterocycles. The first kappa shape index (κ1) is 9.79. The molecule has 2 nitrogen and oxygen atoms in total. The maximum absolute atomic E-state index is 6.29. The summed E-state index contributed by atoms with van der Waals surface area (Å²) >= 11 is 0. The van der Waals surface area contributed by atoms with Crippen LogP contribution in [0.3, 0.4) is 0 Å². The van der Waals surface area contributed by atoms with Crippen LogP contribution >= 0.6 is 0 Å². The third-order valence-corrected chi connectivity index (χ3v) is 3.50. The van der Waals surface area contributed by atoms with Crippen LogP contribution in [0.25, 0.3) is 10.9 Å². The van der Waals surface area contributed by atoms with Crippen molar-refractivity contribution in [1.29, 1.82) is 0 Å². The van der Waals surface area contributed by atoms with Gasteiger partial charge in [-0.2, -0.15) is 0 Å². The number of hydrogen-bond acceptors (Lipinski definition) is 2. The SMILES string of the molecule is Cc1cc(C)c2cccc(C3(N)CC3)c2n1. The summed E-state index contributed by atoms with van der Waals surface area (Å²) in [7, 11) is 0. The summed E-state index contributed by atoms with van der Waals surface area (Å²) < 4.78 is 0. The molecule has 1 heterocycles. The van der Waals surface area contributed by atoms with Crippen molar-refractivity contribution in [1.82, 2.24) is 4.98 Å². The first-order chi connectivity index (χ1) is 7.60. The van der Waals surface area contributed by atoms with Crippen molar-refractivity contribution < 1.29 is 0 Å². The van der Waals surface area contributed by atoms with E-state index in [2.05, 4.69) is 36.2 Å². The molecule has 16 heavy (non-hydrogen) atoms. The molecule has 2 heteroatoms. The fourth-order valence-corrected chi connectivity index (χ4v) is 2.39. The number of benzene rings is 1. The minimum absolute atomic E-state index is 0.104. The van der Waals surface area contributed by atoms with E-state index < -0.39 is 0 Å². The van der Waals surface area contributed by atoms with Crippen LogP contribution in [0.1, 0.15) is 29.7 Å². The highest BCUT2D eigenvalue weighted by Crippen LogP contribution is 2.45. The molecule has 0 spiro atoms. The molecule has 0 unspecified atom stereocenters. The van der Waals surface area contributed by atoms with Gasteiger partial charge in [0.2, 0.25) is 0 Å². The maximum Gasteiger partial charge on any atom is 0.0758 e. The Labute approximate surface area is 95.5 Å². The van der Waals surface area contributed by atoms with Crippen LogP contribution in [0.5, 0.6) is 0 Å². The normalized spacial score (nSPS) is 17.7. The predicted octanol–water partition coefficient (Wildman–Crippen LogP) is 2.80. The molecule has 0 atom stereocenters. The minimum atomic E-state index is -0.104.